The lowest BCUT2D eigenvalue weighted by atomic mass is 10.0. The summed E-state index contributed by atoms with van der Waals surface area (Å²) in [5, 5.41) is 0. The Balaban J connectivity index is 1.19. The lowest BCUT2D eigenvalue weighted by Gasteiger charge is -2.28. The minimum Gasteiger partial charge on any atom is -0.311 e. The van der Waals surface area contributed by atoms with E-state index in [4.69, 9.17) is 9.97 Å². The van der Waals surface area contributed by atoms with Crippen LogP contribution < -0.4 is 9.80 Å². The van der Waals surface area contributed by atoms with Crippen molar-refractivity contribution in [1.82, 2.24) is 9.97 Å². The SMILES string of the molecule is Cc1cccc2nc(-c3ccc(N(c4ccccc4)c4ccc(N(c5ccccc5)c5ccccc5)cc4)cc3)c(-c3ccccc3)nc12. The molecule has 4 nitrogen and oxygen atoms in total. The zero-order valence-electron chi connectivity index (χ0n) is 27.2. The van der Waals surface area contributed by atoms with E-state index in [0.717, 1.165) is 73.2 Å². The molecular weight excluding hydrogens is 597 g/mol. The third-order valence-corrected chi connectivity index (χ3v) is 8.75. The number of aryl methyl sites for hydroxylation is 1. The van der Waals surface area contributed by atoms with Crippen molar-refractivity contribution < 1.29 is 0 Å². The van der Waals surface area contributed by atoms with Gasteiger partial charge in [-0.1, -0.05) is 109 Å². The average Bonchev–Trinajstić information content (AvgIpc) is 3.17. The molecule has 0 aliphatic carbocycles. The van der Waals surface area contributed by atoms with Crippen LogP contribution in [0.1, 0.15) is 5.56 Å². The fourth-order valence-corrected chi connectivity index (χ4v) is 6.36. The maximum atomic E-state index is 5.17. The van der Waals surface area contributed by atoms with E-state index in [1.807, 2.05) is 30.3 Å². The molecule has 0 fully saturated rings. The smallest absolute Gasteiger partial charge is 0.0973 e. The molecule has 0 bridgehead atoms. The van der Waals surface area contributed by atoms with Crippen molar-refractivity contribution in [2.24, 2.45) is 0 Å². The van der Waals surface area contributed by atoms with Gasteiger partial charge in [0.25, 0.3) is 0 Å². The number of nitrogens with zero attached hydrogens (tertiary/aromatic N) is 4. The zero-order chi connectivity index (χ0) is 33.0. The van der Waals surface area contributed by atoms with Crippen LogP contribution in [-0.4, -0.2) is 9.97 Å². The fourth-order valence-electron chi connectivity index (χ4n) is 6.36. The van der Waals surface area contributed by atoms with Gasteiger partial charge in [-0.3, -0.25) is 0 Å². The molecule has 0 saturated heterocycles. The summed E-state index contributed by atoms with van der Waals surface area (Å²) in [7, 11) is 0. The Morgan fingerprint density at radius 3 is 1.16 bits per heavy atom. The minimum absolute atomic E-state index is 0.869. The van der Waals surface area contributed by atoms with E-state index in [1.54, 1.807) is 0 Å². The van der Waals surface area contributed by atoms with E-state index in [1.165, 1.54) is 0 Å². The number of hydrogen-bond donors (Lipinski definition) is 0. The number of aromatic nitrogens is 2. The summed E-state index contributed by atoms with van der Waals surface area (Å²) in [5.41, 5.74) is 13.3. The molecule has 0 N–H and O–H groups in total. The maximum Gasteiger partial charge on any atom is 0.0973 e. The molecule has 0 radical (unpaired) electrons. The van der Waals surface area contributed by atoms with Crippen LogP contribution >= 0.6 is 0 Å². The average molecular weight is 631 g/mol. The summed E-state index contributed by atoms with van der Waals surface area (Å²) < 4.78 is 0. The van der Waals surface area contributed by atoms with Crippen LogP contribution in [0.2, 0.25) is 0 Å². The second-order valence-electron chi connectivity index (χ2n) is 12.0. The second kappa shape index (κ2) is 13.3. The van der Waals surface area contributed by atoms with Crippen molar-refractivity contribution in [3.63, 3.8) is 0 Å². The first-order valence-corrected chi connectivity index (χ1v) is 16.5. The third kappa shape index (κ3) is 6.04. The predicted molar refractivity (Wildman–Crippen MR) is 205 cm³/mol. The summed E-state index contributed by atoms with van der Waals surface area (Å²) in [6, 6.07) is 65.4. The monoisotopic (exact) mass is 630 g/mol. The molecular formula is C45H34N4. The van der Waals surface area contributed by atoms with Crippen LogP contribution in [0.4, 0.5) is 34.1 Å². The van der Waals surface area contributed by atoms with Crippen LogP contribution in [0, 0.1) is 6.92 Å². The molecule has 0 atom stereocenters. The highest BCUT2D eigenvalue weighted by Crippen LogP contribution is 2.40. The van der Waals surface area contributed by atoms with Crippen molar-refractivity contribution in [3.8, 4) is 22.5 Å². The summed E-state index contributed by atoms with van der Waals surface area (Å²) >= 11 is 0. The number of anilines is 6. The van der Waals surface area contributed by atoms with Crippen molar-refractivity contribution in [2.75, 3.05) is 9.80 Å². The summed E-state index contributed by atoms with van der Waals surface area (Å²) in [5.74, 6) is 0. The molecule has 0 amide bonds. The van der Waals surface area contributed by atoms with Gasteiger partial charge in [0.2, 0.25) is 0 Å². The molecule has 1 aromatic heterocycles. The summed E-state index contributed by atoms with van der Waals surface area (Å²) in [6.45, 7) is 2.09. The van der Waals surface area contributed by atoms with Crippen molar-refractivity contribution in [3.05, 3.63) is 194 Å². The Morgan fingerprint density at radius 2 is 0.694 bits per heavy atom. The standard InChI is InChI=1S/C45H34N4/c1-33-15-14-24-42-43(33)47-45(34-16-6-2-7-17-34)44(46-42)35-25-27-39(28-26-35)49(38-22-12-5-13-23-38)41-31-29-40(30-32-41)48(36-18-8-3-9-19-36)37-20-10-4-11-21-37/h2-32H,1H3. The van der Waals surface area contributed by atoms with Gasteiger partial charge < -0.3 is 9.80 Å². The Labute approximate surface area is 287 Å². The van der Waals surface area contributed by atoms with Crippen LogP contribution in [-0.2, 0) is 0 Å². The van der Waals surface area contributed by atoms with Gasteiger partial charge in [-0.2, -0.15) is 0 Å². The van der Waals surface area contributed by atoms with E-state index >= 15 is 0 Å². The molecule has 0 aliphatic rings. The van der Waals surface area contributed by atoms with Crippen molar-refractivity contribution in [2.45, 2.75) is 6.92 Å². The first kappa shape index (κ1) is 29.9. The highest BCUT2D eigenvalue weighted by Gasteiger charge is 2.18. The molecule has 0 aliphatic heterocycles. The van der Waals surface area contributed by atoms with E-state index in [9.17, 15) is 0 Å². The molecule has 0 spiro atoms. The second-order valence-corrected chi connectivity index (χ2v) is 12.0. The van der Waals surface area contributed by atoms with Crippen LogP contribution in [0.3, 0.4) is 0 Å². The molecule has 4 heteroatoms. The third-order valence-electron chi connectivity index (χ3n) is 8.75. The molecule has 0 saturated carbocycles. The topological polar surface area (TPSA) is 32.3 Å². The highest BCUT2D eigenvalue weighted by molar-refractivity contribution is 5.88. The predicted octanol–water partition coefficient (Wildman–Crippen LogP) is 12.2. The van der Waals surface area contributed by atoms with Crippen LogP contribution in [0.5, 0.6) is 0 Å². The number of benzene rings is 7. The Morgan fingerprint density at radius 1 is 0.327 bits per heavy atom. The van der Waals surface area contributed by atoms with Crippen LogP contribution in [0.15, 0.2) is 188 Å². The highest BCUT2D eigenvalue weighted by atomic mass is 15.2. The summed E-state index contributed by atoms with van der Waals surface area (Å²) in [4.78, 5) is 14.9. The van der Waals surface area contributed by atoms with Gasteiger partial charge in [0, 0.05) is 45.3 Å². The Kier molecular flexibility index (Phi) is 8.11. The van der Waals surface area contributed by atoms with Gasteiger partial charge >= 0.3 is 0 Å². The van der Waals surface area contributed by atoms with E-state index < -0.39 is 0 Å². The van der Waals surface area contributed by atoms with Gasteiger partial charge in [0.15, 0.2) is 0 Å². The minimum atomic E-state index is 0.869. The van der Waals surface area contributed by atoms with Gasteiger partial charge in [-0.25, -0.2) is 9.97 Å². The number of fused-ring (bicyclic) bond motifs is 1. The molecule has 49 heavy (non-hydrogen) atoms. The molecule has 8 rings (SSSR count). The quantitative estimate of drug-likeness (QED) is 0.167. The molecule has 8 aromatic rings. The molecule has 234 valence electrons. The molecule has 0 unspecified atom stereocenters. The van der Waals surface area contributed by atoms with E-state index in [-0.39, 0.29) is 0 Å². The first-order valence-electron chi connectivity index (χ1n) is 16.5. The van der Waals surface area contributed by atoms with Gasteiger partial charge in [0.05, 0.1) is 22.4 Å². The van der Waals surface area contributed by atoms with Crippen LogP contribution in [0.25, 0.3) is 33.5 Å². The van der Waals surface area contributed by atoms with Gasteiger partial charge in [0.1, 0.15) is 0 Å². The maximum absolute atomic E-state index is 5.17. The lowest BCUT2D eigenvalue weighted by molar-refractivity contribution is 1.25. The van der Waals surface area contributed by atoms with Gasteiger partial charge in [-0.05, 0) is 91.3 Å². The zero-order valence-corrected chi connectivity index (χ0v) is 27.2. The Bertz CT molecular complexity index is 2270. The molecule has 7 aromatic carbocycles. The Hall–Kier alpha value is -6.52. The van der Waals surface area contributed by atoms with Gasteiger partial charge in [-0.15, -0.1) is 0 Å². The molecule has 1 heterocycles. The fraction of sp³-hybridized carbons (Fsp3) is 0.0222. The lowest BCUT2D eigenvalue weighted by Crippen LogP contribution is -2.12. The van der Waals surface area contributed by atoms with Crippen molar-refractivity contribution >= 4 is 45.2 Å². The largest absolute Gasteiger partial charge is 0.311 e. The number of para-hydroxylation sites is 4. The summed E-state index contributed by atoms with van der Waals surface area (Å²) in [6.07, 6.45) is 0. The normalized spacial score (nSPS) is 11.0. The van der Waals surface area contributed by atoms with E-state index in [2.05, 4.69) is 174 Å². The number of rotatable bonds is 8. The van der Waals surface area contributed by atoms with E-state index in [0.29, 0.717) is 0 Å². The van der Waals surface area contributed by atoms with Crippen molar-refractivity contribution in [1.29, 1.82) is 0 Å². The number of hydrogen-bond acceptors (Lipinski definition) is 4. The first-order chi connectivity index (χ1) is 24.2.